The van der Waals surface area contributed by atoms with E-state index >= 15 is 0 Å². The third-order valence-corrected chi connectivity index (χ3v) is 4.94. The van der Waals surface area contributed by atoms with Crippen molar-refractivity contribution in [1.82, 2.24) is 10.2 Å². The molecule has 2 aromatic carbocycles. The molecule has 1 aliphatic heterocycles. The first kappa shape index (κ1) is 17.7. The molecule has 0 aliphatic carbocycles. The predicted octanol–water partition coefficient (Wildman–Crippen LogP) is 4.16. The average molecular weight is 336 g/mol. The van der Waals surface area contributed by atoms with E-state index in [0.29, 0.717) is 12.1 Å². The van der Waals surface area contributed by atoms with Gasteiger partial charge in [-0.2, -0.15) is 0 Å². The van der Waals surface area contributed by atoms with Crippen LogP contribution in [0.2, 0.25) is 0 Å². The van der Waals surface area contributed by atoms with E-state index in [-0.39, 0.29) is 5.91 Å². The fraction of sp³-hybridized carbons (Fsp3) is 0.409. The lowest BCUT2D eigenvalue weighted by Gasteiger charge is -2.30. The minimum atomic E-state index is -0.0219. The molecule has 0 radical (unpaired) electrons. The number of aryl methyl sites for hydroxylation is 1. The summed E-state index contributed by atoms with van der Waals surface area (Å²) in [7, 11) is 0. The minimum Gasteiger partial charge on any atom is -0.348 e. The molecule has 1 fully saturated rings. The summed E-state index contributed by atoms with van der Waals surface area (Å²) in [6.07, 6.45) is 2.67. The molecule has 1 N–H and O–H groups in total. The van der Waals surface area contributed by atoms with Gasteiger partial charge < -0.3 is 5.32 Å². The van der Waals surface area contributed by atoms with E-state index in [1.807, 2.05) is 31.2 Å². The van der Waals surface area contributed by atoms with Gasteiger partial charge in [-0.05, 0) is 55.5 Å². The molecule has 3 nitrogen and oxygen atoms in total. The van der Waals surface area contributed by atoms with Crippen molar-refractivity contribution in [3.8, 4) is 0 Å². The Bertz CT molecular complexity index is 691. The molecular formula is C22H28N2O. The lowest BCUT2D eigenvalue weighted by molar-refractivity contribution is 0.0951. The zero-order chi connectivity index (χ0) is 17.6. The second kappa shape index (κ2) is 8.30. The van der Waals surface area contributed by atoms with E-state index in [1.165, 1.54) is 31.5 Å². The lowest BCUT2D eigenvalue weighted by atomic mass is 9.99. The molecule has 1 atom stereocenters. The maximum Gasteiger partial charge on any atom is 0.251 e. The van der Waals surface area contributed by atoms with Crippen molar-refractivity contribution in [2.45, 2.75) is 39.8 Å². The van der Waals surface area contributed by atoms with Crippen LogP contribution in [0.25, 0.3) is 0 Å². The third kappa shape index (κ3) is 5.17. The van der Waals surface area contributed by atoms with Crippen LogP contribution < -0.4 is 5.32 Å². The van der Waals surface area contributed by atoms with Gasteiger partial charge in [-0.1, -0.05) is 48.9 Å². The van der Waals surface area contributed by atoms with Gasteiger partial charge in [0.1, 0.15) is 0 Å². The fourth-order valence-electron chi connectivity index (χ4n) is 3.44. The summed E-state index contributed by atoms with van der Waals surface area (Å²) in [6, 6.07) is 16.3. The summed E-state index contributed by atoms with van der Waals surface area (Å²) in [5, 5.41) is 2.99. The fourth-order valence-corrected chi connectivity index (χ4v) is 3.44. The van der Waals surface area contributed by atoms with Gasteiger partial charge in [-0.25, -0.2) is 0 Å². The summed E-state index contributed by atoms with van der Waals surface area (Å²) < 4.78 is 0. The van der Waals surface area contributed by atoms with Crippen molar-refractivity contribution >= 4 is 5.91 Å². The molecule has 1 saturated heterocycles. The van der Waals surface area contributed by atoms with Gasteiger partial charge >= 0.3 is 0 Å². The van der Waals surface area contributed by atoms with Gasteiger partial charge in [0.2, 0.25) is 0 Å². The molecule has 1 aliphatic rings. The molecule has 0 saturated carbocycles. The standard InChI is InChI=1S/C22H28N2O/c1-17-5-11-21(12-6-17)22(25)23-14-19-7-9-20(10-8-19)16-24-13-3-4-18(2)15-24/h5-12,18H,3-4,13-16H2,1-2H3,(H,23,25)/t18-/m1/s1. The van der Waals surface area contributed by atoms with Crippen LogP contribution in [0.5, 0.6) is 0 Å². The van der Waals surface area contributed by atoms with Crippen LogP contribution >= 0.6 is 0 Å². The number of carbonyl (C=O) groups excluding carboxylic acids is 1. The highest BCUT2D eigenvalue weighted by atomic mass is 16.1. The summed E-state index contributed by atoms with van der Waals surface area (Å²) in [5.41, 5.74) is 4.36. The number of amides is 1. The zero-order valence-corrected chi connectivity index (χ0v) is 15.3. The van der Waals surface area contributed by atoms with Crippen molar-refractivity contribution < 1.29 is 4.79 Å². The first-order valence-electron chi connectivity index (χ1n) is 9.25. The van der Waals surface area contributed by atoms with Crippen molar-refractivity contribution in [2.24, 2.45) is 5.92 Å². The van der Waals surface area contributed by atoms with Crippen LogP contribution in [0.4, 0.5) is 0 Å². The molecule has 0 aromatic heterocycles. The Morgan fingerprint density at radius 1 is 1.08 bits per heavy atom. The summed E-state index contributed by atoms with van der Waals surface area (Å²) in [5.74, 6) is 0.788. The number of benzene rings is 2. The average Bonchev–Trinajstić information content (AvgIpc) is 2.61. The number of hydrogen-bond donors (Lipinski definition) is 1. The van der Waals surface area contributed by atoms with Crippen molar-refractivity contribution in [3.05, 3.63) is 70.8 Å². The Balaban J connectivity index is 1.50. The monoisotopic (exact) mass is 336 g/mol. The van der Waals surface area contributed by atoms with Crippen LogP contribution in [0, 0.1) is 12.8 Å². The smallest absolute Gasteiger partial charge is 0.251 e. The van der Waals surface area contributed by atoms with E-state index in [4.69, 9.17) is 0 Å². The Labute approximate surface area is 151 Å². The van der Waals surface area contributed by atoms with Gasteiger partial charge in [-0.3, -0.25) is 9.69 Å². The number of rotatable bonds is 5. The quantitative estimate of drug-likeness (QED) is 0.889. The molecular weight excluding hydrogens is 308 g/mol. The molecule has 3 rings (SSSR count). The van der Waals surface area contributed by atoms with E-state index in [2.05, 4.69) is 41.4 Å². The summed E-state index contributed by atoms with van der Waals surface area (Å²) in [4.78, 5) is 14.7. The number of likely N-dealkylation sites (tertiary alicyclic amines) is 1. The van der Waals surface area contributed by atoms with Crippen LogP contribution in [0.3, 0.4) is 0 Å². The third-order valence-electron chi connectivity index (χ3n) is 4.94. The van der Waals surface area contributed by atoms with Gasteiger partial charge in [0.05, 0.1) is 0 Å². The van der Waals surface area contributed by atoms with Crippen LogP contribution in [0.15, 0.2) is 48.5 Å². The second-order valence-corrected chi connectivity index (χ2v) is 7.35. The number of nitrogens with zero attached hydrogens (tertiary/aromatic N) is 1. The summed E-state index contributed by atoms with van der Waals surface area (Å²) >= 11 is 0. The maximum absolute atomic E-state index is 12.2. The van der Waals surface area contributed by atoms with Gasteiger partial charge in [0, 0.05) is 25.2 Å². The van der Waals surface area contributed by atoms with Crippen LogP contribution in [0.1, 0.15) is 46.8 Å². The van der Waals surface area contributed by atoms with E-state index < -0.39 is 0 Å². The number of carbonyl (C=O) groups is 1. The Hall–Kier alpha value is -2.13. The molecule has 1 heterocycles. The lowest BCUT2D eigenvalue weighted by Crippen LogP contribution is -2.33. The molecule has 132 valence electrons. The van der Waals surface area contributed by atoms with E-state index in [1.54, 1.807) is 0 Å². The predicted molar refractivity (Wildman–Crippen MR) is 102 cm³/mol. The normalized spacial score (nSPS) is 18.1. The number of nitrogens with one attached hydrogen (secondary N) is 1. The molecule has 1 amide bonds. The first-order chi connectivity index (χ1) is 12.1. The molecule has 0 bridgehead atoms. The first-order valence-corrected chi connectivity index (χ1v) is 9.25. The van der Waals surface area contributed by atoms with Crippen molar-refractivity contribution in [3.63, 3.8) is 0 Å². The maximum atomic E-state index is 12.2. The second-order valence-electron chi connectivity index (χ2n) is 7.35. The zero-order valence-electron chi connectivity index (χ0n) is 15.3. The largest absolute Gasteiger partial charge is 0.348 e. The van der Waals surface area contributed by atoms with Gasteiger partial charge in [-0.15, -0.1) is 0 Å². The summed E-state index contributed by atoms with van der Waals surface area (Å²) in [6.45, 7) is 8.36. The molecule has 0 unspecified atom stereocenters. The molecule has 2 aromatic rings. The Kier molecular flexibility index (Phi) is 5.87. The van der Waals surface area contributed by atoms with E-state index in [0.717, 1.165) is 23.6 Å². The highest BCUT2D eigenvalue weighted by Crippen LogP contribution is 2.18. The van der Waals surface area contributed by atoms with Crippen molar-refractivity contribution in [1.29, 1.82) is 0 Å². The number of hydrogen-bond acceptors (Lipinski definition) is 2. The van der Waals surface area contributed by atoms with Gasteiger partial charge in [0.25, 0.3) is 5.91 Å². The highest BCUT2D eigenvalue weighted by Gasteiger charge is 2.16. The molecule has 0 spiro atoms. The van der Waals surface area contributed by atoms with Gasteiger partial charge in [0.15, 0.2) is 0 Å². The highest BCUT2D eigenvalue weighted by molar-refractivity contribution is 5.94. The minimum absolute atomic E-state index is 0.0219. The SMILES string of the molecule is Cc1ccc(C(=O)NCc2ccc(CN3CCC[C@@H](C)C3)cc2)cc1. The Morgan fingerprint density at radius 2 is 1.76 bits per heavy atom. The van der Waals surface area contributed by atoms with Crippen LogP contribution in [-0.2, 0) is 13.1 Å². The van der Waals surface area contributed by atoms with Crippen LogP contribution in [-0.4, -0.2) is 23.9 Å². The Morgan fingerprint density at radius 3 is 2.44 bits per heavy atom. The molecule has 25 heavy (non-hydrogen) atoms. The van der Waals surface area contributed by atoms with E-state index in [9.17, 15) is 4.79 Å². The van der Waals surface area contributed by atoms with Crippen molar-refractivity contribution in [2.75, 3.05) is 13.1 Å². The topological polar surface area (TPSA) is 32.3 Å². The number of piperidine rings is 1. The molecule has 3 heteroatoms.